The van der Waals surface area contributed by atoms with E-state index in [1.807, 2.05) is 6.92 Å². The minimum absolute atomic E-state index is 0.0992. The van der Waals surface area contributed by atoms with Crippen LogP contribution in [0.1, 0.15) is 12.0 Å². The van der Waals surface area contributed by atoms with Crippen LogP contribution < -0.4 is 10.1 Å². The van der Waals surface area contributed by atoms with E-state index in [1.54, 1.807) is 18.2 Å². The van der Waals surface area contributed by atoms with Crippen LogP contribution in [0.25, 0.3) is 0 Å². The number of nitrogens with one attached hydrogen (secondary N) is 1. The molecule has 6 heteroatoms. The number of benzene rings is 1. The number of amides is 1. The fraction of sp³-hybridized carbons (Fsp3) is 0.500. The first-order valence-corrected chi connectivity index (χ1v) is 6.82. The predicted molar refractivity (Wildman–Crippen MR) is 75.1 cm³/mol. The summed E-state index contributed by atoms with van der Waals surface area (Å²) in [5.41, 5.74) is -0.0611. The molecule has 1 aromatic rings. The van der Waals surface area contributed by atoms with Crippen LogP contribution in [0.3, 0.4) is 0 Å². The maximum atomic E-state index is 11.7. The van der Waals surface area contributed by atoms with Crippen molar-refractivity contribution in [1.29, 1.82) is 0 Å². The molecule has 1 heterocycles. The number of hydrogen-bond donors (Lipinski definition) is 2. The molecule has 1 aromatic carbocycles. The first kappa shape index (κ1) is 15.1. The van der Waals surface area contributed by atoms with E-state index in [4.69, 9.17) is 21.1 Å². The van der Waals surface area contributed by atoms with Gasteiger partial charge in [0.1, 0.15) is 11.4 Å². The monoisotopic (exact) mass is 299 g/mol. The van der Waals surface area contributed by atoms with Crippen molar-refractivity contribution in [2.45, 2.75) is 18.9 Å². The lowest BCUT2D eigenvalue weighted by Gasteiger charge is -2.20. The van der Waals surface area contributed by atoms with Crippen LogP contribution in [0, 0.1) is 6.92 Å². The highest BCUT2D eigenvalue weighted by Gasteiger charge is 2.32. The average Bonchev–Trinajstić information content (AvgIpc) is 2.85. The van der Waals surface area contributed by atoms with Gasteiger partial charge in [-0.15, -0.1) is 0 Å². The van der Waals surface area contributed by atoms with Gasteiger partial charge in [0.25, 0.3) is 5.91 Å². The standard InChI is InChI=1S/C14H18ClNO4/c1-10-6-11(2-3-12(10)15)20-7-13(17)16-8-14(18)4-5-19-9-14/h2-3,6,18H,4-5,7-9H2,1H3,(H,16,17). The van der Waals surface area contributed by atoms with Gasteiger partial charge in [-0.05, 0) is 30.7 Å². The lowest BCUT2D eigenvalue weighted by atomic mass is 10.0. The molecular weight excluding hydrogens is 282 g/mol. The van der Waals surface area contributed by atoms with Crippen molar-refractivity contribution in [3.63, 3.8) is 0 Å². The van der Waals surface area contributed by atoms with Crippen LogP contribution in [0.4, 0.5) is 0 Å². The van der Waals surface area contributed by atoms with Gasteiger partial charge in [-0.3, -0.25) is 4.79 Å². The van der Waals surface area contributed by atoms with Gasteiger partial charge < -0.3 is 19.9 Å². The van der Waals surface area contributed by atoms with Crippen molar-refractivity contribution in [1.82, 2.24) is 5.32 Å². The van der Waals surface area contributed by atoms with Crippen LogP contribution in [-0.2, 0) is 9.53 Å². The van der Waals surface area contributed by atoms with Crippen LogP contribution in [0.15, 0.2) is 18.2 Å². The minimum atomic E-state index is -0.952. The van der Waals surface area contributed by atoms with Gasteiger partial charge in [0, 0.05) is 24.6 Å². The quantitative estimate of drug-likeness (QED) is 0.860. The Balaban J connectivity index is 1.76. The number of carbonyl (C=O) groups excluding carboxylic acids is 1. The summed E-state index contributed by atoms with van der Waals surface area (Å²) in [5, 5.41) is 13.3. The van der Waals surface area contributed by atoms with Gasteiger partial charge in [0.15, 0.2) is 6.61 Å². The second-order valence-corrected chi connectivity index (χ2v) is 5.41. The predicted octanol–water partition coefficient (Wildman–Crippen LogP) is 1.29. The van der Waals surface area contributed by atoms with Crippen LogP contribution in [0.2, 0.25) is 5.02 Å². The molecular formula is C14H18ClNO4. The molecule has 2 N–H and O–H groups in total. The van der Waals surface area contributed by atoms with Gasteiger partial charge in [0.05, 0.1) is 6.61 Å². The van der Waals surface area contributed by atoms with Crippen molar-refractivity contribution in [3.05, 3.63) is 28.8 Å². The largest absolute Gasteiger partial charge is 0.484 e. The van der Waals surface area contributed by atoms with E-state index < -0.39 is 5.60 Å². The maximum absolute atomic E-state index is 11.7. The van der Waals surface area contributed by atoms with E-state index in [0.29, 0.717) is 23.8 Å². The summed E-state index contributed by atoms with van der Waals surface area (Å²) in [6.07, 6.45) is 0.532. The molecule has 1 aliphatic rings. The summed E-state index contributed by atoms with van der Waals surface area (Å²) < 4.78 is 10.5. The molecule has 2 rings (SSSR count). The zero-order valence-corrected chi connectivity index (χ0v) is 12.1. The minimum Gasteiger partial charge on any atom is -0.484 e. The number of rotatable bonds is 5. The summed E-state index contributed by atoms with van der Waals surface area (Å²) >= 11 is 5.91. The van der Waals surface area contributed by atoms with E-state index >= 15 is 0 Å². The molecule has 110 valence electrons. The Morgan fingerprint density at radius 3 is 3.05 bits per heavy atom. The Labute approximate surface area is 122 Å². The fourth-order valence-corrected chi connectivity index (χ4v) is 2.02. The second-order valence-electron chi connectivity index (χ2n) is 5.00. The first-order chi connectivity index (χ1) is 9.48. The number of halogens is 1. The molecule has 20 heavy (non-hydrogen) atoms. The molecule has 1 amide bonds. The zero-order chi connectivity index (χ0) is 14.6. The number of ether oxygens (including phenoxy) is 2. The summed E-state index contributed by atoms with van der Waals surface area (Å²) in [7, 11) is 0. The van der Waals surface area contributed by atoms with Crippen molar-refractivity contribution in [2.24, 2.45) is 0 Å². The van der Waals surface area contributed by atoms with Gasteiger partial charge in [-0.1, -0.05) is 11.6 Å². The third kappa shape index (κ3) is 4.10. The Morgan fingerprint density at radius 2 is 2.40 bits per heavy atom. The highest BCUT2D eigenvalue weighted by atomic mass is 35.5. The second kappa shape index (κ2) is 6.43. The molecule has 0 aliphatic carbocycles. The molecule has 0 bridgehead atoms. The van der Waals surface area contributed by atoms with E-state index in [-0.39, 0.29) is 25.7 Å². The summed E-state index contributed by atoms with van der Waals surface area (Å²) in [6.45, 7) is 2.72. The fourth-order valence-electron chi connectivity index (χ4n) is 1.91. The van der Waals surface area contributed by atoms with Gasteiger partial charge in [-0.25, -0.2) is 0 Å². The number of aliphatic hydroxyl groups is 1. The van der Waals surface area contributed by atoms with E-state index in [9.17, 15) is 9.90 Å². The van der Waals surface area contributed by atoms with E-state index in [0.717, 1.165) is 5.56 Å². The van der Waals surface area contributed by atoms with Gasteiger partial charge in [-0.2, -0.15) is 0 Å². The smallest absolute Gasteiger partial charge is 0.258 e. The normalized spacial score (nSPS) is 21.8. The number of aryl methyl sites for hydroxylation is 1. The SMILES string of the molecule is Cc1cc(OCC(=O)NCC2(O)CCOC2)ccc1Cl. The van der Waals surface area contributed by atoms with Crippen molar-refractivity contribution in [3.8, 4) is 5.75 Å². The zero-order valence-electron chi connectivity index (χ0n) is 11.3. The molecule has 1 aliphatic heterocycles. The molecule has 0 spiro atoms. The molecule has 0 saturated carbocycles. The third-order valence-electron chi connectivity index (χ3n) is 3.20. The molecule has 5 nitrogen and oxygen atoms in total. The molecule has 1 fully saturated rings. The first-order valence-electron chi connectivity index (χ1n) is 6.44. The summed E-state index contributed by atoms with van der Waals surface area (Å²) in [4.78, 5) is 11.7. The Hall–Kier alpha value is -1.30. The molecule has 1 saturated heterocycles. The maximum Gasteiger partial charge on any atom is 0.258 e. The summed E-state index contributed by atoms with van der Waals surface area (Å²) in [5.74, 6) is 0.308. The van der Waals surface area contributed by atoms with Crippen LogP contribution in [-0.4, -0.2) is 43.0 Å². The lowest BCUT2D eigenvalue weighted by Crippen LogP contribution is -2.44. The number of carbonyl (C=O) groups is 1. The topological polar surface area (TPSA) is 67.8 Å². The van der Waals surface area contributed by atoms with Gasteiger partial charge in [0.2, 0.25) is 0 Å². The van der Waals surface area contributed by atoms with E-state index in [1.165, 1.54) is 0 Å². The molecule has 1 unspecified atom stereocenters. The third-order valence-corrected chi connectivity index (χ3v) is 3.62. The molecule has 0 radical (unpaired) electrons. The van der Waals surface area contributed by atoms with E-state index in [2.05, 4.69) is 5.32 Å². The van der Waals surface area contributed by atoms with Gasteiger partial charge >= 0.3 is 0 Å². The highest BCUT2D eigenvalue weighted by molar-refractivity contribution is 6.31. The van der Waals surface area contributed by atoms with Crippen molar-refractivity contribution in [2.75, 3.05) is 26.4 Å². The Kier molecular flexibility index (Phi) is 4.86. The van der Waals surface area contributed by atoms with Crippen LogP contribution >= 0.6 is 11.6 Å². The average molecular weight is 300 g/mol. The van der Waals surface area contributed by atoms with Crippen molar-refractivity contribution < 1.29 is 19.4 Å². The number of hydrogen-bond acceptors (Lipinski definition) is 4. The Bertz CT molecular complexity index is 486. The highest BCUT2D eigenvalue weighted by Crippen LogP contribution is 2.21. The Morgan fingerprint density at radius 1 is 1.60 bits per heavy atom. The molecule has 0 aromatic heterocycles. The summed E-state index contributed by atoms with van der Waals surface area (Å²) in [6, 6.07) is 5.21. The lowest BCUT2D eigenvalue weighted by molar-refractivity contribution is -0.124. The van der Waals surface area contributed by atoms with Crippen LogP contribution in [0.5, 0.6) is 5.75 Å². The van der Waals surface area contributed by atoms with Crippen molar-refractivity contribution >= 4 is 17.5 Å². The molecule has 1 atom stereocenters.